The SMILES string of the molecule is O=C(CC(=O)C(F)(F)F)C1=CC=C[CH]1. The summed E-state index contributed by atoms with van der Waals surface area (Å²) in [5.41, 5.74) is 0.127. The quantitative estimate of drug-likeness (QED) is 0.655. The fourth-order valence-electron chi connectivity index (χ4n) is 0.908. The molecule has 0 aromatic heterocycles. The van der Waals surface area contributed by atoms with Gasteiger partial charge in [-0.1, -0.05) is 18.2 Å². The average Bonchev–Trinajstić information content (AvgIpc) is 2.53. The first kappa shape index (κ1) is 10.7. The van der Waals surface area contributed by atoms with E-state index in [-0.39, 0.29) is 5.57 Å². The zero-order valence-electron chi connectivity index (χ0n) is 6.97. The third kappa shape index (κ3) is 2.55. The topological polar surface area (TPSA) is 34.1 Å². The van der Waals surface area contributed by atoms with Crippen molar-refractivity contribution in [2.45, 2.75) is 12.6 Å². The highest BCUT2D eigenvalue weighted by atomic mass is 19.4. The molecule has 0 atom stereocenters. The largest absolute Gasteiger partial charge is 0.450 e. The number of allylic oxidation sites excluding steroid dienone is 4. The van der Waals surface area contributed by atoms with Gasteiger partial charge in [-0.25, -0.2) is 0 Å². The molecule has 0 fully saturated rings. The molecule has 0 saturated heterocycles. The standard InChI is InChI=1S/C9H6F3O2/c10-9(11,12)8(14)5-7(13)6-3-1-2-4-6/h1-4H,5H2. The fourth-order valence-corrected chi connectivity index (χ4v) is 0.908. The molecule has 0 unspecified atom stereocenters. The van der Waals surface area contributed by atoms with Crippen LogP contribution >= 0.6 is 0 Å². The van der Waals surface area contributed by atoms with Gasteiger partial charge in [0.05, 0.1) is 6.42 Å². The molecule has 5 heteroatoms. The Kier molecular flexibility index (Phi) is 2.88. The molecular formula is C9H6F3O2. The number of halogens is 3. The predicted molar refractivity (Wildman–Crippen MR) is 42.2 cm³/mol. The van der Waals surface area contributed by atoms with Crippen molar-refractivity contribution in [3.05, 3.63) is 30.2 Å². The summed E-state index contributed by atoms with van der Waals surface area (Å²) in [4.78, 5) is 21.5. The minimum Gasteiger partial charge on any atom is -0.294 e. The summed E-state index contributed by atoms with van der Waals surface area (Å²) >= 11 is 0. The predicted octanol–water partition coefficient (Wildman–Crippen LogP) is 1.78. The maximum absolute atomic E-state index is 11.7. The Morgan fingerprint density at radius 3 is 2.29 bits per heavy atom. The lowest BCUT2D eigenvalue weighted by Crippen LogP contribution is -2.25. The number of alkyl halides is 3. The number of Topliss-reactive ketones (excluding diaryl/α,β-unsaturated/α-hetero) is 2. The molecule has 0 aromatic rings. The van der Waals surface area contributed by atoms with E-state index in [1.165, 1.54) is 24.6 Å². The van der Waals surface area contributed by atoms with Crippen LogP contribution in [0.2, 0.25) is 0 Å². The number of carbonyl (C=O) groups excluding carboxylic acids is 2. The Morgan fingerprint density at radius 1 is 1.21 bits per heavy atom. The van der Waals surface area contributed by atoms with Gasteiger partial charge < -0.3 is 0 Å². The number of hydrogen-bond acceptors (Lipinski definition) is 2. The second kappa shape index (κ2) is 3.77. The highest BCUT2D eigenvalue weighted by Crippen LogP contribution is 2.20. The van der Waals surface area contributed by atoms with Gasteiger partial charge >= 0.3 is 6.18 Å². The van der Waals surface area contributed by atoms with E-state index in [1.54, 1.807) is 0 Å². The lowest BCUT2D eigenvalue weighted by molar-refractivity contribution is -0.171. The summed E-state index contributed by atoms with van der Waals surface area (Å²) in [6.07, 6.45) is -0.273. The van der Waals surface area contributed by atoms with E-state index in [4.69, 9.17) is 0 Å². The van der Waals surface area contributed by atoms with Crippen molar-refractivity contribution < 1.29 is 22.8 Å². The molecule has 1 rings (SSSR count). The highest BCUT2D eigenvalue weighted by molar-refractivity contribution is 6.10. The van der Waals surface area contributed by atoms with Gasteiger partial charge in [-0.2, -0.15) is 13.2 Å². The molecular weight excluding hydrogens is 197 g/mol. The second-order valence-electron chi connectivity index (χ2n) is 2.69. The normalized spacial score (nSPS) is 15.5. The van der Waals surface area contributed by atoms with Crippen LogP contribution in [-0.2, 0) is 9.59 Å². The molecule has 0 aromatic carbocycles. The molecule has 0 bridgehead atoms. The van der Waals surface area contributed by atoms with Crippen LogP contribution in [0.3, 0.4) is 0 Å². The molecule has 14 heavy (non-hydrogen) atoms. The number of hydrogen-bond donors (Lipinski definition) is 0. The van der Waals surface area contributed by atoms with Gasteiger partial charge in [0.2, 0.25) is 5.78 Å². The Balaban J connectivity index is 2.54. The first-order chi connectivity index (χ1) is 6.41. The van der Waals surface area contributed by atoms with Crippen LogP contribution in [0, 0.1) is 6.42 Å². The molecule has 0 spiro atoms. The van der Waals surface area contributed by atoms with Crippen molar-refractivity contribution in [1.29, 1.82) is 0 Å². The van der Waals surface area contributed by atoms with Crippen molar-refractivity contribution in [1.82, 2.24) is 0 Å². The zero-order valence-corrected chi connectivity index (χ0v) is 6.97. The lowest BCUT2D eigenvalue weighted by Gasteiger charge is -2.04. The van der Waals surface area contributed by atoms with Gasteiger partial charge in [-0.3, -0.25) is 9.59 Å². The summed E-state index contributed by atoms with van der Waals surface area (Å²) in [6, 6.07) is 0. The maximum atomic E-state index is 11.7. The minimum absolute atomic E-state index is 0.127. The number of rotatable bonds is 3. The first-order valence-electron chi connectivity index (χ1n) is 3.76. The summed E-state index contributed by atoms with van der Waals surface area (Å²) in [6.45, 7) is 0. The van der Waals surface area contributed by atoms with Crippen molar-refractivity contribution in [2.24, 2.45) is 0 Å². The van der Waals surface area contributed by atoms with Gasteiger partial charge in [-0.15, -0.1) is 0 Å². The molecule has 0 saturated carbocycles. The highest BCUT2D eigenvalue weighted by Gasteiger charge is 2.39. The molecule has 1 aliphatic carbocycles. The summed E-state index contributed by atoms with van der Waals surface area (Å²) in [7, 11) is 0. The summed E-state index contributed by atoms with van der Waals surface area (Å²) in [5, 5.41) is 0. The zero-order chi connectivity index (χ0) is 10.8. The fraction of sp³-hybridized carbons (Fsp3) is 0.222. The molecule has 2 nitrogen and oxygen atoms in total. The van der Waals surface area contributed by atoms with Crippen LogP contribution in [0.25, 0.3) is 0 Å². The summed E-state index contributed by atoms with van der Waals surface area (Å²) < 4.78 is 35.2. The van der Waals surface area contributed by atoms with Gasteiger partial charge in [0, 0.05) is 12.0 Å². The number of carbonyl (C=O) groups is 2. The second-order valence-corrected chi connectivity index (χ2v) is 2.69. The van der Waals surface area contributed by atoms with Crippen molar-refractivity contribution >= 4 is 11.6 Å². The van der Waals surface area contributed by atoms with E-state index in [0.717, 1.165) is 0 Å². The van der Waals surface area contributed by atoms with Crippen LogP contribution in [-0.4, -0.2) is 17.7 Å². The first-order valence-corrected chi connectivity index (χ1v) is 3.76. The van der Waals surface area contributed by atoms with Crippen LogP contribution in [0.1, 0.15) is 6.42 Å². The van der Waals surface area contributed by atoms with Gasteiger partial charge in [0.25, 0.3) is 0 Å². The van der Waals surface area contributed by atoms with Crippen molar-refractivity contribution in [2.75, 3.05) is 0 Å². The van der Waals surface area contributed by atoms with Crippen molar-refractivity contribution in [3.8, 4) is 0 Å². The molecule has 0 aliphatic heterocycles. The summed E-state index contributed by atoms with van der Waals surface area (Å²) in [5.74, 6) is -2.82. The Labute approximate surface area is 78.1 Å². The third-order valence-electron chi connectivity index (χ3n) is 1.62. The van der Waals surface area contributed by atoms with E-state index in [1.807, 2.05) is 0 Å². The van der Waals surface area contributed by atoms with E-state index < -0.39 is 24.2 Å². The molecule has 1 radical (unpaired) electrons. The molecule has 0 amide bonds. The van der Waals surface area contributed by atoms with Crippen molar-refractivity contribution in [3.63, 3.8) is 0 Å². The minimum atomic E-state index is -4.93. The molecule has 0 heterocycles. The van der Waals surface area contributed by atoms with E-state index >= 15 is 0 Å². The molecule has 0 N–H and O–H groups in total. The lowest BCUT2D eigenvalue weighted by atomic mass is 10.1. The molecule has 1 aliphatic rings. The number of ketones is 2. The van der Waals surface area contributed by atoms with Crippen LogP contribution in [0.15, 0.2) is 23.8 Å². The average molecular weight is 203 g/mol. The molecule has 75 valence electrons. The smallest absolute Gasteiger partial charge is 0.294 e. The van der Waals surface area contributed by atoms with E-state index in [9.17, 15) is 22.8 Å². The third-order valence-corrected chi connectivity index (χ3v) is 1.62. The van der Waals surface area contributed by atoms with Gasteiger partial charge in [0.15, 0.2) is 5.78 Å². The van der Waals surface area contributed by atoms with Crippen LogP contribution < -0.4 is 0 Å². The van der Waals surface area contributed by atoms with E-state index in [0.29, 0.717) is 0 Å². The monoisotopic (exact) mass is 203 g/mol. The Bertz CT molecular complexity index is 323. The van der Waals surface area contributed by atoms with Crippen LogP contribution in [0.5, 0.6) is 0 Å². The van der Waals surface area contributed by atoms with Crippen LogP contribution in [0.4, 0.5) is 13.2 Å². The van der Waals surface area contributed by atoms with Gasteiger partial charge in [0.1, 0.15) is 0 Å². The Hall–Kier alpha value is -1.39. The Morgan fingerprint density at radius 2 is 1.86 bits per heavy atom. The van der Waals surface area contributed by atoms with Gasteiger partial charge in [-0.05, 0) is 0 Å². The maximum Gasteiger partial charge on any atom is 0.450 e. The van der Waals surface area contributed by atoms with E-state index in [2.05, 4.69) is 0 Å².